The van der Waals surface area contributed by atoms with Gasteiger partial charge < -0.3 is 14.6 Å². The first-order valence-electron chi connectivity index (χ1n) is 9.98. The van der Waals surface area contributed by atoms with Gasteiger partial charge in [-0.2, -0.15) is 13.2 Å². The van der Waals surface area contributed by atoms with Crippen LogP contribution in [0.1, 0.15) is 45.3 Å². The van der Waals surface area contributed by atoms with Crippen molar-refractivity contribution in [3.05, 3.63) is 82.9 Å². The normalized spacial score (nSPS) is 15.9. The van der Waals surface area contributed by atoms with Gasteiger partial charge in [-0.3, -0.25) is 4.79 Å². The zero-order chi connectivity index (χ0) is 22.0. The lowest BCUT2D eigenvalue weighted by Gasteiger charge is -2.24. The number of amides is 1. The van der Waals surface area contributed by atoms with Gasteiger partial charge in [0.05, 0.1) is 12.7 Å². The number of nitrogens with one attached hydrogen (secondary N) is 1. The number of aryl methyl sites for hydroxylation is 1. The highest BCUT2D eigenvalue weighted by Crippen LogP contribution is 2.31. The lowest BCUT2D eigenvalue weighted by atomic mass is 9.91. The van der Waals surface area contributed by atoms with Gasteiger partial charge in [0.1, 0.15) is 17.3 Å². The Hall–Kier alpha value is -3.29. The Balaban J connectivity index is 1.41. The third-order valence-electron chi connectivity index (χ3n) is 5.52. The SMILES string of the molecule is COc1ccc(C2CCc3nc(C(=O)NCc4cccc(C(F)(F)F)c4)cn3C2)cc1. The molecule has 1 atom stereocenters. The summed E-state index contributed by atoms with van der Waals surface area (Å²) in [7, 11) is 1.63. The Morgan fingerprint density at radius 2 is 2.00 bits per heavy atom. The van der Waals surface area contributed by atoms with Crippen molar-refractivity contribution in [1.82, 2.24) is 14.9 Å². The van der Waals surface area contributed by atoms with Crippen LogP contribution in [-0.4, -0.2) is 22.6 Å². The summed E-state index contributed by atoms with van der Waals surface area (Å²) in [5.41, 5.74) is 1.13. The van der Waals surface area contributed by atoms with Crippen LogP contribution < -0.4 is 10.1 Å². The number of halogens is 3. The molecule has 31 heavy (non-hydrogen) atoms. The number of carbonyl (C=O) groups is 1. The Labute approximate surface area is 177 Å². The summed E-state index contributed by atoms with van der Waals surface area (Å²) in [6.07, 6.45) is -1.03. The number of hydrogen-bond donors (Lipinski definition) is 1. The first-order chi connectivity index (χ1) is 14.8. The second-order valence-corrected chi connectivity index (χ2v) is 7.58. The first kappa shape index (κ1) is 21.0. The maximum atomic E-state index is 12.8. The summed E-state index contributed by atoms with van der Waals surface area (Å²) in [5, 5.41) is 2.66. The van der Waals surface area contributed by atoms with E-state index in [0.29, 0.717) is 11.5 Å². The lowest BCUT2D eigenvalue weighted by Crippen LogP contribution is -2.23. The van der Waals surface area contributed by atoms with Gasteiger partial charge in [0.25, 0.3) is 5.91 Å². The van der Waals surface area contributed by atoms with Crippen LogP contribution in [0.2, 0.25) is 0 Å². The molecule has 4 rings (SSSR count). The van der Waals surface area contributed by atoms with Gasteiger partial charge in [-0.1, -0.05) is 24.3 Å². The van der Waals surface area contributed by atoms with Crippen LogP contribution >= 0.6 is 0 Å². The van der Waals surface area contributed by atoms with Gasteiger partial charge in [-0.25, -0.2) is 4.98 Å². The summed E-state index contributed by atoms with van der Waals surface area (Å²) in [5.74, 6) is 1.56. The van der Waals surface area contributed by atoms with Gasteiger partial charge in [0, 0.05) is 31.6 Å². The number of ether oxygens (including phenoxy) is 1. The van der Waals surface area contributed by atoms with Crippen LogP contribution in [0.3, 0.4) is 0 Å². The van der Waals surface area contributed by atoms with E-state index >= 15 is 0 Å². The average molecular weight is 429 g/mol. The number of alkyl halides is 3. The molecule has 1 unspecified atom stereocenters. The van der Waals surface area contributed by atoms with Gasteiger partial charge in [0.2, 0.25) is 0 Å². The topological polar surface area (TPSA) is 56.1 Å². The highest BCUT2D eigenvalue weighted by molar-refractivity contribution is 5.92. The molecule has 1 amide bonds. The molecule has 0 saturated carbocycles. The van der Waals surface area contributed by atoms with E-state index in [0.717, 1.165) is 43.1 Å². The fourth-order valence-electron chi connectivity index (χ4n) is 3.83. The smallest absolute Gasteiger partial charge is 0.416 e. The molecule has 1 aliphatic heterocycles. The number of methoxy groups -OCH3 is 1. The minimum atomic E-state index is -4.41. The van der Waals surface area contributed by atoms with Crippen LogP contribution in [-0.2, 0) is 25.7 Å². The molecule has 0 spiro atoms. The highest BCUT2D eigenvalue weighted by atomic mass is 19.4. The minimum absolute atomic E-state index is 0.000575. The quantitative estimate of drug-likeness (QED) is 0.647. The summed E-state index contributed by atoms with van der Waals surface area (Å²) < 4.78 is 45.7. The Morgan fingerprint density at radius 1 is 1.23 bits per heavy atom. The number of fused-ring (bicyclic) bond motifs is 1. The van der Waals surface area contributed by atoms with E-state index in [1.54, 1.807) is 19.4 Å². The minimum Gasteiger partial charge on any atom is -0.497 e. The van der Waals surface area contributed by atoms with Crippen LogP contribution in [0, 0.1) is 0 Å². The van der Waals surface area contributed by atoms with Crippen molar-refractivity contribution < 1.29 is 22.7 Å². The Kier molecular flexibility index (Phi) is 5.71. The van der Waals surface area contributed by atoms with E-state index in [4.69, 9.17) is 4.74 Å². The standard InChI is InChI=1S/C23H22F3N3O2/c1-31-19-8-5-16(6-9-19)17-7-10-21-28-20(14-29(21)13-17)22(30)27-12-15-3-2-4-18(11-15)23(24,25)26/h2-6,8-9,11,14,17H,7,10,12-13H2,1H3,(H,27,30). The Bertz CT molecular complexity index is 1070. The molecule has 0 saturated heterocycles. The van der Waals surface area contributed by atoms with E-state index in [1.165, 1.54) is 11.6 Å². The van der Waals surface area contributed by atoms with E-state index in [2.05, 4.69) is 10.3 Å². The fraction of sp³-hybridized carbons (Fsp3) is 0.304. The molecule has 8 heteroatoms. The van der Waals surface area contributed by atoms with Crippen molar-refractivity contribution in [3.63, 3.8) is 0 Å². The predicted molar refractivity (Wildman–Crippen MR) is 109 cm³/mol. The molecule has 5 nitrogen and oxygen atoms in total. The van der Waals surface area contributed by atoms with Crippen molar-refractivity contribution in [1.29, 1.82) is 0 Å². The van der Waals surface area contributed by atoms with E-state index in [-0.39, 0.29) is 12.2 Å². The number of aromatic nitrogens is 2. The van der Waals surface area contributed by atoms with Crippen molar-refractivity contribution >= 4 is 5.91 Å². The molecule has 1 aliphatic rings. The molecule has 0 aliphatic carbocycles. The molecule has 2 heterocycles. The number of hydrogen-bond acceptors (Lipinski definition) is 3. The van der Waals surface area contributed by atoms with Crippen LogP contribution in [0.4, 0.5) is 13.2 Å². The molecule has 0 radical (unpaired) electrons. The Morgan fingerprint density at radius 3 is 2.71 bits per heavy atom. The van der Waals surface area contributed by atoms with Crippen molar-refractivity contribution in [3.8, 4) is 5.75 Å². The molecule has 0 fully saturated rings. The highest BCUT2D eigenvalue weighted by Gasteiger charge is 2.30. The van der Waals surface area contributed by atoms with Gasteiger partial charge in [0.15, 0.2) is 0 Å². The van der Waals surface area contributed by atoms with E-state index < -0.39 is 17.6 Å². The number of nitrogens with zero attached hydrogens (tertiary/aromatic N) is 2. The maximum absolute atomic E-state index is 12.8. The maximum Gasteiger partial charge on any atom is 0.416 e. The van der Waals surface area contributed by atoms with Crippen molar-refractivity contribution in [2.75, 3.05) is 7.11 Å². The third-order valence-corrected chi connectivity index (χ3v) is 5.52. The fourth-order valence-corrected chi connectivity index (χ4v) is 3.83. The third kappa shape index (κ3) is 4.73. The van der Waals surface area contributed by atoms with E-state index in [1.807, 2.05) is 28.8 Å². The van der Waals surface area contributed by atoms with Crippen LogP contribution in [0.15, 0.2) is 54.7 Å². The van der Waals surface area contributed by atoms with Crippen molar-refractivity contribution in [2.24, 2.45) is 0 Å². The number of carbonyl (C=O) groups excluding carboxylic acids is 1. The largest absolute Gasteiger partial charge is 0.497 e. The molecule has 162 valence electrons. The molecule has 2 aromatic carbocycles. The summed E-state index contributed by atoms with van der Waals surface area (Å²) in [6.45, 7) is 0.717. The monoisotopic (exact) mass is 429 g/mol. The molecule has 1 N–H and O–H groups in total. The molecule has 1 aromatic heterocycles. The molecule has 0 bridgehead atoms. The van der Waals surface area contributed by atoms with Crippen LogP contribution in [0.25, 0.3) is 0 Å². The number of rotatable bonds is 5. The van der Waals surface area contributed by atoms with Crippen LogP contribution in [0.5, 0.6) is 5.75 Å². The summed E-state index contributed by atoms with van der Waals surface area (Å²) >= 11 is 0. The van der Waals surface area contributed by atoms with Crippen molar-refractivity contribution in [2.45, 2.75) is 38.0 Å². The summed E-state index contributed by atoms with van der Waals surface area (Å²) in [6, 6.07) is 12.9. The molecular weight excluding hydrogens is 407 g/mol. The second kappa shape index (κ2) is 8.45. The summed E-state index contributed by atoms with van der Waals surface area (Å²) in [4.78, 5) is 16.9. The second-order valence-electron chi connectivity index (χ2n) is 7.58. The lowest BCUT2D eigenvalue weighted by molar-refractivity contribution is -0.137. The van der Waals surface area contributed by atoms with Gasteiger partial charge in [-0.05, 0) is 41.8 Å². The molecular formula is C23H22F3N3O2. The average Bonchev–Trinajstić information content (AvgIpc) is 3.21. The number of imidazole rings is 1. The predicted octanol–water partition coefficient (Wildman–Crippen LogP) is 4.57. The zero-order valence-corrected chi connectivity index (χ0v) is 16.9. The molecule has 3 aromatic rings. The zero-order valence-electron chi connectivity index (χ0n) is 16.9. The van der Waals surface area contributed by atoms with Gasteiger partial charge >= 0.3 is 6.18 Å². The van der Waals surface area contributed by atoms with Gasteiger partial charge in [-0.15, -0.1) is 0 Å². The van der Waals surface area contributed by atoms with E-state index in [9.17, 15) is 18.0 Å². The number of benzene rings is 2. The first-order valence-corrected chi connectivity index (χ1v) is 9.98.